The first-order valence-electron chi connectivity index (χ1n) is 5.82. The van der Waals surface area contributed by atoms with Crippen molar-refractivity contribution >= 4 is 6.72 Å². The highest BCUT2D eigenvalue weighted by atomic mass is 19.1. The zero-order valence-corrected chi connectivity index (χ0v) is 10.1. The molecule has 3 N–H and O–H groups in total. The fourth-order valence-electron chi connectivity index (χ4n) is 2.50. The van der Waals surface area contributed by atoms with Crippen LogP contribution in [0.1, 0.15) is 5.56 Å². The van der Waals surface area contributed by atoms with Crippen molar-refractivity contribution < 1.29 is 14.2 Å². The van der Waals surface area contributed by atoms with E-state index in [2.05, 4.69) is 11.7 Å². The fraction of sp³-hybridized carbons (Fsp3) is 0.462. The van der Waals surface area contributed by atoms with Crippen molar-refractivity contribution in [3.63, 3.8) is 0 Å². The molecule has 98 valence electrons. The van der Waals surface area contributed by atoms with E-state index in [1.54, 1.807) is 18.2 Å². The fourth-order valence-corrected chi connectivity index (χ4v) is 2.50. The molecule has 1 aliphatic heterocycles. The molecule has 1 heterocycles. The maximum atomic E-state index is 13.9. The SMILES string of the molecule is C=NC[C@@H]1OC[C@](N)(c2ccccc2F)[C@H]1CO. The van der Waals surface area contributed by atoms with Gasteiger partial charge in [-0.1, -0.05) is 18.2 Å². The molecule has 1 saturated heterocycles. The van der Waals surface area contributed by atoms with E-state index in [0.29, 0.717) is 12.1 Å². The topological polar surface area (TPSA) is 67.8 Å². The average molecular weight is 252 g/mol. The Balaban J connectivity index is 2.36. The van der Waals surface area contributed by atoms with Gasteiger partial charge in [0.25, 0.3) is 0 Å². The number of rotatable bonds is 4. The van der Waals surface area contributed by atoms with Gasteiger partial charge in [-0.05, 0) is 12.8 Å². The third-order valence-electron chi connectivity index (χ3n) is 3.53. The molecule has 1 aromatic carbocycles. The highest BCUT2D eigenvalue weighted by Gasteiger charge is 2.48. The smallest absolute Gasteiger partial charge is 0.128 e. The summed E-state index contributed by atoms with van der Waals surface area (Å²) in [7, 11) is 0. The van der Waals surface area contributed by atoms with E-state index in [0.717, 1.165) is 0 Å². The zero-order chi connectivity index (χ0) is 13.2. The van der Waals surface area contributed by atoms with Crippen LogP contribution in [0.15, 0.2) is 29.3 Å². The number of benzene rings is 1. The molecule has 3 atom stereocenters. The quantitative estimate of drug-likeness (QED) is 0.775. The predicted octanol–water partition coefficient (Wildman–Crippen LogP) is 0.688. The van der Waals surface area contributed by atoms with Gasteiger partial charge < -0.3 is 15.6 Å². The number of halogens is 1. The van der Waals surface area contributed by atoms with E-state index in [9.17, 15) is 9.50 Å². The maximum Gasteiger partial charge on any atom is 0.128 e. The van der Waals surface area contributed by atoms with Gasteiger partial charge >= 0.3 is 0 Å². The van der Waals surface area contributed by atoms with Crippen molar-refractivity contribution in [1.29, 1.82) is 0 Å². The number of aliphatic hydroxyl groups is 1. The third kappa shape index (κ3) is 2.05. The lowest BCUT2D eigenvalue weighted by Crippen LogP contribution is -2.47. The van der Waals surface area contributed by atoms with Crippen LogP contribution >= 0.6 is 0 Å². The summed E-state index contributed by atoms with van der Waals surface area (Å²) in [6.45, 7) is 3.74. The lowest BCUT2D eigenvalue weighted by atomic mass is 9.79. The normalized spacial score (nSPS) is 31.5. The van der Waals surface area contributed by atoms with Crippen LogP contribution in [0.2, 0.25) is 0 Å². The Morgan fingerprint density at radius 3 is 2.89 bits per heavy atom. The minimum Gasteiger partial charge on any atom is -0.396 e. The van der Waals surface area contributed by atoms with Crippen LogP contribution in [-0.4, -0.2) is 37.7 Å². The number of nitrogens with zero attached hydrogens (tertiary/aromatic N) is 1. The van der Waals surface area contributed by atoms with Gasteiger partial charge in [-0.3, -0.25) is 4.99 Å². The highest BCUT2D eigenvalue weighted by Crippen LogP contribution is 2.38. The largest absolute Gasteiger partial charge is 0.396 e. The molecule has 1 aromatic rings. The molecule has 0 spiro atoms. The minimum atomic E-state index is -1.02. The maximum absolute atomic E-state index is 13.9. The van der Waals surface area contributed by atoms with Gasteiger partial charge in [0.1, 0.15) is 5.82 Å². The highest BCUT2D eigenvalue weighted by molar-refractivity contribution is 5.29. The van der Waals surface area contributed by atoms with Gasteiger partial charge in [0.05, 0.1) is 31.4 Å². The monoisotopic (exact) mass is 252 g/mol. The lowest BCUT2D eigenvalue weighted by molar-refractivity contribution is 0.0790. The van der Waals surface area contributed by atoms with Crippen molar-refractivity contribution in [1.82, 2.24) is 0 Å². The molecule has 0 saturated carbocycles. The number of hydrogen-bond donors (Lipinski definition) is 2. The Labute approximate surface area is 105 Å². The summed E-state index contributed by atoms with van der Waals surface area (Å²) in [6.07, 6.45) is -0.322. The van der Waals surface area contributed by atoms with E-state index in [1.807, 2.05) is 0 Å². The van der Waals surface area contributed by atoms with E-state index in [-0.39, 0.29) is 31.1 Å². The number of ether oxygens (including phenoxy) is 1. The number of nitrogens with two attached hydrogens (primary N) is 1. The lowest BCUT2D eigenvalue weighted by Gasteiger charge is -2.30. The van der Waals surface area contributed by atoms with Crippen LogP contribution < -0.4 is 5.73 Å². The van der Waals surface area contributed by atoms with Gasteiger partial charge in [0, 0.05) is 11.5 Å². The first kappa shape index (κ1) is 13.1. The molecule has 0 amide bonds. The van der Waals surface area contributed by atoms with Crippen molar-refractivity contribution in [2.24, 2.45) is 16.6 Å². The van der Waals surface area contributed by atoms with Crippen LogP contribution in [0.5, 0.6) is 0 Å². The van der Waals surface area contributed by atoms with E-state index in [4.69, 9.17) is 10.5 Å². The molecule has 5 heteroatoms. The van der Waals surface area contributed by atoms with Gasteiger partial charge in [-0.25, -0.2) is 4.39 Å². The van der Waals surface area contributed by atoms with Crippen LogP contribution in [0, 0.1) is 11.7 Å². The number of aliphatic hydroxyl groups excluding tert-OH is 1. The Bertz CT molecular complexity index is 441. The molecule has 0 radical (unpaired) electrons. The van der Waals surface area contributed by atoms with Crippen LogP contribution in [0.3, 0.4) is 0 Å². The Kier molecular flexibility index (Phi) is 3.75. The summed E-state index contributed by atoms with van der Waals surface area (Å²) in [5, 5.41) is 9.51. The Morgan fingerprint density at radius 2 is 2.28 bits per heavy atom. The van der Waals surface area contributed by atoms with Gasteiger partial charge in [0.2, 0.25) is 0 Å². The molecule has 1 aliphatic rings. The van der Waals surface area contributed by atoms with Crippen molar-refractivity contribution in [3.8, 4) is 0 Å². The molecule has 0 aliphatic carbocycles. The molecular formula is C13H17FN2O2. The summed E-state index contributed by atoms with van der Waals surface area (Å²) >= 11 is 0. The Hall–Kier alpha value is -1.30. The van der Waals surface area contributed by atoms with Crippen molar-refractivity contribution in [2.75, 3.05) is 19.8 Å². The predicted molar refractivity (Wildman–Crippen MR) is 67.0 cm³/mol. The van der Waals surface area contributed by atoms with Crippen molar-refractivity contribution in [3.05, 3.63) is 35.6 Å². The van der Waals surface area contributed by atoms with Crippen LogP contribution in [0.4, 0.5) is 4.39 Å². The summed E-state index contributed by atoms with van der Waals surface area (Å²) in [6, 6.07) is 6.32. The average Bonchev–Trinajstić information content (AvgIpc) is 2.68. The molecule has 0 unspecified atom stereocenters. The summed E-state index contributed by atoms with van der Waals surface area (Å²) in [5.74, 6) is -0.769. The molecule has 4 nitrogen and oxygen atoms in total. The summed E-state index contributed by atoms with van der Waals surface area (Å²) in [4.78, 5) is 3.76. The standard InChI is InChI=1S/C13H17FN2O2/c1-16-6-12-10(7-17)13(15,8-18-12)9-4-2-3-5-11(9)14/h2-5,10,12,17H,1,6-8,15H2/t10-,12-,13-/m0/s1. The van der Waals surface area contributed by atoms with Crippen LogP contribution in [0.25, 0.3) is 0 Å². The summed E-state index contributed by atoms with van der Waals surface area (Å²) in [5.41, 5.74) is 5.62. The van der Waals surface area contributed by atoms with E-state index < -0.39 is 5.54 Å². The van der Waals surface area contributed by atoms with Gasteiger partial charge in [-0.2, -0.15) is 0 Å². The van der Waals surface area contributed by atoms with Gasteiger partial charge in [0.15, 0.2) is 0 Å². The van der Waals surface area contributed by atoms with E-state index >= 15 is 0 Å². The second-order valence-electron chi connectivity index (χ2n) is 4.56. The molecule has 2 rings (SSSR count). The number of aliphatic imine (C=N–C) groups is 1. The Morgan fingerprint density at radius 1 is 1.56 bits per heavy atom. The molecule has 0 aromatic heterocycles. The minimum absolute atomic E-state index is 0.166. The molecule has 18 heavy (non-hydrogen) atoms. The van der Waals surface area contributed by atoms with Crippen LogP contribution in [-0.2, 0) is 10.3 Å². The van der Waals surface area contributed by atoms with Crippen molar-refractivity contribution in [2.45, 2.75) is 11.6 Å². The number of hydrogen-bond acceptors (Lipinski definition) is 4. The zero-order valence-electron chi connectivity index (χ0n) is 10.1. The second kappa shape index (κ2) is 5.14. The molecule has 0 bridgehead atoms. The third-order valence-corrected chi connectivity index (χ3v) is 3.53. The van der Waals surface area contributed by atoms with E-state index in [1.165, 1.54) is 6.07 Å². The summed E-state index contributed by atoms with van der Waals surface area (Å²) < 4.78 is 19.4. The first-order chi connectivity index (χ1) is 8.63. The second-order valence-corrected chi connectivity index (χ2v) is 4.56. The molecule has 1 fully saturated rings. The first-order valence-corrected chi connectivity index (χ1v) is 5.82. The van der Waals surface area contributed by atoms with Gasteiger partial charge in [-0.15, -0.1) is 0 Å². The molecular weight excluding hydrogens is 235 g/mol.